The molecule has 13 heavy (non-hydrogen) atoms. The van der Waals surface area contributed by atoms with Gasteiger partial charge in [0, 0.05) is 5.69 Å². The summed E-state index contributed by atoms with van der Waals surface area (Å²) in [5.41, 5.74) is 3.69. The lowest BCUT2D eigenvalue weighted by atomic mass is 10.2. The highest BCUT2D eigenvalue weighted by Gasteiger charge is 2.05. The monoisotopic (exact) mass is 181 g/mol. The van der Waals surface area contributed by atoms with Gasteiger partial charge in [-0.1, -0.05) is 13.3 Å². The maximum Gasteiger partial charge on any atom is 0.281 e. The molecule has 0 bridgehead atoms. The first-order valence-corrected chi connectivity index (χ1v) is 4.46. The molecule has 0 fully saturated rings. The summed E-state index contributed by atoms with van der Waals surface area (Å²) in [7, 11) is 0. The molecule has 0 unspecified atom stereocenters. The number of amides is 1. The summed E-state index contributed by atoms with van der Waals surface area (Å²) in [6.45, 7) is 2.14. The van der Waals surface area contributed by atoms with Crippen LogP contribution in [0.1, 0.15) is 35.9 Å². The number of H-pyrrole nitrogens is 1. The van der Waals surface area contributed by atoms with Gasteiger partial charge < -0.3 is 4.98 Å². The molecule has 0 atom stereocenters. The zero-order valence-electron chi connectivity index (χ0n) is 7.76. The number of nitrogens with one attached hydrogen (secondary N) is 2. The molecule has 1 amide bonds. The van der Waals surface area contributed by atoms with Gasteiger partial charge in [-0.3, -0.25) is 10.2 Å². The number of nitrogen functional groups attached to an aromatic ring is 1. The molecule has 0 saturated heterocycles. The number of aromatic nitrogens is 1. The summed E-state index contributed by atoms with van der Waals surface area (Å²) in [5.74, 6) is 4.72. The summed E-state index contributed by atoms with van der Waals surface area (Å²) in [5, 5.41) is 0. The highest BCUT2D eigenvalue weighted by Crippen LogP contribution is 2.05. The third-order valence-electron chi connectivity index (χ3n) is 1.92. The van der Waals surface area contributed by atoms with E-state index >= 15 is 0 Å². The van der Waals surface area contributed by atoms with E-state index in [9.17, 15) is 4.79 Å². The van der Waals surface area contributed by atoms with Gasteiger partial charge in [-0.2, -0.15) is 0 Å². The van der Waals surface area contributed by atoms with Crippen LogP contribution in [0, 0.1) is 0 Å². The molecule has 0 saturated carbocycles. The molecule has 72 valence electrons. The Morgan fingerprint density at radius 2 is 2.38 bits per heavy atom. The number of hydrazine groups is 1. The molecule has 0 aromatic carbocycles. The van der Waals surface area contributed by atoms with E-state index in [4.69, 9.17) is 5.84 Å². The van der Waals surface area contributed by atoms with Crippen LogP contribution in [0.2, 0.25) is 0 Å². The summed E-state index contributed by atoms with van der Waals surface area (Å²) in [4.78, 5) is 14.0. The molecule has 1 aromatic rings. The minimum atomic E-state index is -0.275. The largest absolute Gasteiger partial charge is 0.354 e. The summed E-state index contributed by atoms with van der Waals surface area (Å²) < 4.78 is 0. The predicted octanol–water partition coefficient (Wildman–Crippen LogP) is 0.961. The Hall–Kier alpha value is -1.29. The minimum absolute atomic E-state index is 0.275. The van der Waals surface area contributed by atoms with Gasteiger partial charge in [-0.05, 0) is 25.0 Å². The zero-order valence-corrected chi connectivity index (χ0v) is 7.76. The van der Waals surface area contributed by atoms with E-state index in [1.54, 1.807) is 6.07 Å². The highest BCUT2D eigenvalue weighted by molar-refractivity contribution is 5.91. The number of carbonyl (C=O) groups is 1. The Balaban J connectivity index is 2.58. The van der Waals surface area contributed by atoms with Crippen LogP contribution in [0.3, 0.4) is 0 Å². The SMILES string of the molecule is CCCCc1ccc(C(=O)NN)[nH]1. The van der Waals surface area contributed by atoms with Crippen LogP contribution < -0.4 is 11.3 Å². The number of aromatic amines is 1. The standard InChI is InChI=1S/C9H15N3O/c1-2-3-4-7-5-6-8(11-7)9(13)12-10/h5-6,11H,2-4,10H2,1H3,(H,12,13). The minimum Gasteiger partial charge on any atom is -0.354 e. The van der Waals surface area contributed by atoms with Crippen LogP contribution in [-0.2, 0) is 6.42 Å². The van der Waals surface area contributed by atoms with E-state index in [0.29, 0.717) is 5.69 Å². The van der Waals surface area contributed by atoms with Crippen LogP contribution >= 0.6 is 0 Å². The van der Waals surface area contributed by atoms with E-state index < -0.39 is 0 Å². The number of carbonyl (C=O) groups excluding carboxylic acids is 1. The lowest BCUT2D eigenvalue weighted by molar-refractivity contribution is 0.0949. The smallest absolute Gasteiger partial charge is 0.281 e. The highest BCUT2D eigenvalue weighted by atomic mass is 16.2. The molecule has 0 spiro atoms. The van der Waals surface area contributed by atoms with Crippen molar-refractivity contribution in [2.24, 2.45) is 5.84 Å². The van der Waals surface area contributed by atoms with Gasteiger partial charge in [-0.25, -0.2) is 5.84 Å². The first-order chi connectivity index (χ1) is 6.27. The van der Waals surface area contributed by atoms with Crippen molar-refractivity contribution < 1.29 is 4.79 Å². The number of hydrogen-bond acceptors (Lipinski definition) is 2. The van der Waals surface area contributed by atoms with Gasteiger partial charge in [0.15, 0.2) is 0 Å². The molecule has 0 aliphatic heterocycles. The fraction of sp³-hybridized carbons (Fsp3) is 0.444. The Labute approximate surface area is 77.5 Å². The van der Waals surface area contributed by atoms with Crippen LogP contribution in [0.5, 0.6) is 0 Å². The van der Waals surface area contributed by atoms with Crippen LogP contribution in [0.15, 0.2) is 12.1 Å². The topological polar surface area (TPSA) is 70.9 Å². The van der Waals surface area contributed by atoms with Gasteiger partial charge in [-0.15, -0.1) is 0 Å². The first-order valence-electron chi connectivity index (χ1n) is 4.46. The Morgan fingerprint density at radius 1 is 1.62 bits per heavy atom. The van der Waals surface area contributed by atoms with E-state index in [-0.39, 0.29) is 5.91 Å². The number of unbranched alkanes of at least 4 members (excludes halogenated alkanes) is 1. The summed E-state index contributed by atoms with van der Waals surface area (Å²) in [6, 6.07) is 3.66. The van der Waals surface area contributed by atoms with Gasteiger partial charge in [0.2, 0.25) is 0 Å². The second-order valence-electron chi connectivity index (χ2n) is 2.97. The number of hydrogen-bond donors (Lipinski definition) is 3. The normalized spacial score (nSPS) is 10.0. The maximum absolute atomic E-state index is 11.0. The van der Waals surface area contributed by atoms with Crippen molar-refractivity contribution in [1.82, 2.24) is 10.4 Å². The Bertz CT molecular complexity index is 280. The third-order valence-corrected chi connectivity index (χ3v) is 1.92. The van der Waals surface area contributed by atoms with Crippen LogP contribution in [-0.4, -0.2) is 10.9 Å². The van der Waals surface area contributed by atoms with E-state index in [1.807, 2.05) is 6.07 Å². The Kier molecular flexibility index (Phi) is 3.52. The molecule has 4 heteroatoms. The van der Waals surface area contributed by atoms with Crippen molar-refractivity contribution in [1.29, 1.82) is 0 Å². The maximum atomic E-state index is 11.0. The fourth-order valence-electron chi connectivity index (χ4n) is 1.16. The van der Waals surface area contributed by atoms with Crippen molar-refractivity contribution >= 4 is 5.91 Å². The molecule has 0 aliphatic rings. The molecular formula is C9H15N3O. The van der Waals surface area contributed by atoms with Gasteiger partial charge in [0.05, 0.1) is 0 Å². The molecule has 4 nitrogen and oxygen atoms in total. The summed E-state index contributed by atoms with van der Waals surface area (Å²) in [6.07, 6.45) is 3.26. The van der Waals surface area contributed by atoms with E-state index in [2.05, 4.69) is 17.3 Å². The first kappa shape index (κ1) is 9.80. The van der Waals surface area contributed by atoms with Crippen molar-refractivity contribution in [2.75, 3.05) is 0 Å². The second kappa shape index (κ2) is 4.67. The number of nitrogens with two attached hydrogens (primary N) is 1. The average molecular weight is 181 g/mol. The molecular weight excluding hydrogens is 166 g/mol. The molecule has 1 heterocycles. The molecule has 0 aliphatic carbocycles. The lowest BCUT2D eigenvalue weighted by Gasteiger charge is -1.96. The van der Waals surface area contributed by atoms with E-state index in [0.717, 1.165) is 25.0 Å². The van der Waals surface area contributed by atoms with Crippen molar-refractivity contribution in [3.05, 3.63) is 23.5 Å². The molecule has 4 N–H and O–H groups in total. The van der Waals surface area contributed by atoms with Crippen molar-refractivity contribution in [2.45, 2.75) is 26.2 Å². The summed E-state index contributed by atoms with van der Waals surface area (Å²) >= 11 is 0. The Morgan fingerprint density at radius 3 is 3.00 bits per heavy atom. The van der Waals surface area contributed by atoms with Gasteiger partial charge in [0.25, 0.3) is 5.91 Å². The number of rotatable bonds is 4. The average Bonchev–Trinajstić information content (AvgIpc) is 2.62. The van der Waals surface area contributed by atoms with Gasteiger partial charge >= 0.3 is 0 Å². The van der Waals surface area contributed by atoms with E-state index in [1.165, 1.54) is 0 Å². The lowest BCUT2D eigenvalue weighted by Crippen LogP contribution is -2.30. The quantitative estimate of drug-likeness (QED) is 0.368. The second-order valence-corrected chi connectivity index (χ2v) is 2.97. The fourth-order valence-corrected chi connectivity index (χ4v) is 1.16. The van der Waals surface area contributed by atoms with Crippen molar-refractivity contribution in [3.63, 3.8) is 0 Å². The molecule has 1 rings (SSSR count). The number of aryl methyl sites for hydroxylation is 1. The van der Waals surface area contributed by atoms with Crippen molar-refractivity contribution in [3.8, 4) is 0 Å². The van der Waals surface area contributed by atoms with Crippen LogP contribution in [0.4, 0.5) is 0 Å². The van der Waals surface area contributed by atoms with Crippen LogP contribution in [0.25, 0.3) is 0 Å². The van der Waals surface area contributed by atoms with Gasteiger partial charge in [0.1, 0.15) is 5.69 Å². The predicted molar refractivity (Wildman–Crippen MR) is 51.1 cm³/mol. The zero-order chi connectivity index (χ0) is 9.68. The third kappa shape index (κ3) is 2.59. The molecule has 1 aromatic heterocycles. The molecule has 0 radical (unpaired) electrons.